The SMILES string of the molecule is Cc1nccc2cc(C)n(C)c12. The van der Waals surface area contributed by atoms with Crippen LogP contribution in [0.4, 0.5) is 0 Å². The highest BCUT2D eigenvalue weighted by molar-refractivity contribution is 5.82. The molecule has 2 aromatic heterocycles. The Bertz CT molecular complexity index is 427. The van der Waals surface area contributed by atoms with Gasteiger partial charge in [-0.1, -0.05) is 0 Å². The molecule has 0 spiro atoms. The highest BCUT2D eigenvalue weighted by atomic mass is 15.0. The molecular formula is C10H12N2. The zero-order chi connectivity index (χ0) is 8.72. The second-order valence-corrected chi connectivity index (χ2v) is 3.18. The van der Waals surface area contributed by atoms with Crippen LogP contribution in [0, 0.1) is 13.8 Å². The molecule has 2 aromatic rings. The monoisotopic (exact) mass is 160 g/mol. The van der Waals surface area contributed by atoms with E-state index in [0.29, 0.717) is 0 Å². The Balaban J connectivity index is 2.97. The van der Waals surface area contributed by atoms with Crippen molar-refractivity contribution in [3.8, 4) is 0 Å². The lowest BCUT2D eigenvalue weighted by atomic mass is 10.2. The number of aromatic nitrogens is 2. The smallest absolute Gasteiger partial charge is 0.0696 e. The van der Waals surface area contributed by atoms with E-state index in [2.05, 4.69) is 35.7 Å². The molecular weight excluding hydrogens is 148 g/mol. The van der Waals surface area contributed by atoms with Gasteiger partial charge in [0.1, 0.15) is 0 Å². The minimum atomic E-state index is 1.10. The van der Waals surface area contributed by atoms with Gasteiger partial charge >= 0.3 is 0 Å². The minimum absolute atomic E-state index is 1.10. The standard InChI is InChI=1S/C10H12N2/c1-7-6-9-4-5-11-8(2)10(9)12(7)3/h4-6H,1-3H3. The molecule has 0 aliphatic carbocycles. The second kappa shape index (κ2) is 2.34. The van der Waals surface area contributed by atoms with E-state index >= 15 is 0 Å². The second-order valence-electron chi connectivity index (χ2n) is 3.18. The first-order chi connectivity index (χ1) is 5.70. The fourth-order valence-corrected chi connectivity index (χ4v) is 1.63. The van der Waals surface area contributed by atoms with Crippen LogP contribution in [0.25, 0.3) is 10.9 Å². The third-order valence-corrected chi connectivity index (χ3v) is 2.37. The topological polar surface area (TPSA) is 17.8 Å². The largest absolute Gasteiger partial charge is 0.346 e. The first-order valence-electron chi connectivity index (χ1n) is 4.08. The molecule has 2 rings (SSSR count). The molecule has 0 atom stereocenters. The Morgan fingerprint density at radius 2 is 2.08 bits per heavy atom. The van der Waals surface area contributed by atoms with E-state index in [4.69, 9.17) is 0 Å². The molecule has 0 fully saturated rings. The lowest BCUT2D eigenvalue weighted by Gasteiger charge is -2.00. The molecule has 2 nitrogen and oxygen atoms in total. The number of pyridine rings is 1. The molecule has 0 aliphatic heterocycles. The van der Waals surface area contributed by atoms with Crippen molar-refractivity contribution in [1.82, 2.24) is 9.55 Å². The summed E-state index contributed by atoms with van der Waals surface area (Å²) >= 11 is 0. The summed E-state index contributed by atoms with van der Waals surface area (Å²) in [6.07, 6.45) is 1.86. The Labute approximate surface area is 71.8 Å². The molecule has 0 amide bonds. The van der Waals surface area contributed by atoms with E-state index in [9.17, 15) is 0 Å². The molecule has 62 valence electrons. The maximum absolute atomic E-state index is 4.26. The van der Waals surface area contributed by atoms with Crippen molar-refractivity contribution in [1.29, 1.82) is 0 Å². The summed E-state index contributed by atoms with van der Waals surface area (Å²) in [7, 11) is 2.08. The van der Waals surface area contributed by atoms with Crippen molar-refractivity contribution in [2.75, 3.05) is 0 Å². The molecule has 0 unspecified atom stereocenters. The lowest BCUT2D eigenvalue weighted by molar-refractivity contribution is 0.909. The summed E-state index contributed by atoms with van der Waals surface area (Å²) in [5.74, 6) is 0. The molecule has 12 heavy (non-hydrogen) atoms. The fourth-order valence-electron chi connectivity index (χ4n) is 1.63. The Morgan fingerprint density at radius 3 is 2.75 bits per heavy atom. The van der Waals surface area contributed by atoms with E-state index in [1.807, 2.05) is 13.1 Å². The number of fused-ring (bicyclic) bond motifs is 1. The third kappa shape index (κ3) is 0.843. The maximum Gasteiger partial charge on any atom is 0.0696 e. The molecule has 0 saturated heterocycles. The summed E-state index contributed by atoms with van der Waals surface area (Å²) in [6.45, 7) is 4.15. The quantitative estimate of drug-likeness (QED) is 0.577. The molecule has 0 saturated carbocycles. The Hall–Kier alpha value is -1.31. The van der Waals surface area contributed by atoms with Crippen LogP contribution in [-0.4, -0.2) is 9.55 Å². The lowest BCUT2D eigenvalue weighted by Crippen LogP contribution is -1.92. The van der Waals surface area contributed by atoms with Gasteiger partial charge in [0.05, 0.1) is 11.2 Å². The van der Waals surface area contributed by atoms with E-state index in [1.54, 1.807) is 0 Å². The van der Waals surface area contributed by atoms with Crippen LogP contribution in [0.15, 0.2) is 18.3 Å². The summed E-state index contributed by atoms with van der Waals surface area (Å²) in [4.78, 5) is 4.26. The van der Waals surface area contributed by atoms with Gasteiger partial charge < -0.3 is 4.57 Å². The fraction of sp³-hybridized carbons (Fsp3) is 0.300. The van der Waals surface area contributed by atoms with Crippen molar-refractivity contribution >= 4 is 10.9 Å². The first-order valence-corrected chi connectivity index (χ1v) is 4.08. The van der Waals surface area contributed by atoms with Crippen LogP contribution in [-0.2, 0) is 7.05 Å². The van der Waals surface area contributed by atoms with Crippen LogP contribution in [0.1, 0.15) is 11.4 Å². The van der Waals surface area contributed by atoms with Gasteiger partial charge in [0, 0.05) is 24.3 Å². The van der Waals surface area contributed by atoms with Crippen LogP contribution in [0.5, 0.6) is 0 Å². The molecule has 0 aliphatic rings. The van der Waals surface area contributed by atoms with Gasteiger partial charge in [-0.15, -0.1) is 0 Å². The van der Waals surface area contributed by atoms with Crippen LogP contribution >= 0.6 is 0 Å². The highest BCUT2D eigenvalue weighted by Gasteiger charge is 2.03. The van der Waals surface area contributed by atoms with Crippen LogP contribution in [0.2, 0.25) is 0 Å². The number of nitrogens with zero attached hydrogens (tertiary/aromatic N) is 2. The van der Waals surface area contributed by atoms with Gasteiger partial charge in [0.2, 0.25) is 0 Å². The summed E-state index contributed by atoms with van der Waals surface area (Å²) in [5.41, 5.74) is 3.62. The maximum atomic E-state index is 4.26. The summed E-state index contributed by atoms with van der Waals surface area (Å²) < 4.78 is 2.18. The van der Waals surface area contributed by atoms with E-state index in [-0.39, 0.29) is 0 Å². The Kier molecular flexibility index (Phi) is 1.43. The van der Waals surface area contributed by atoms with Crippen molar-refractivity contribution in [2.24, 2.45) is 7.05 Å². The number of hydrogen-bond acceptors (Lipinski definition) is 1. The van der Waals surface area contributed by atoms with Gasteiger partial charge in [0.25, 0.3) is 0 Å². The minimum Gasteiger partial charge on any atom is -0.346 e. The molecule has 2 heteroatoms. The zero-order valence-electron chi connectivity index (χ0n) is 7.63. The predicted octanol–water partition coefficient (Wildman–Crippen LogP) is 2.19. The molecule has 0 radical (unpaired) electrons. The first kappa shape index (κ1) is 7.35. The average molecular weight is 160 g/mol. The van der Waals surface area contributed by atoms with E-state index < -0.39 is 0 Å². The normalized spacial score (nSPS) is 10.9. The summed E-state index contributed by atoms with van der Waals surface area (Å²) in [6, 6.07) is 4.24. The van der Waals surface area contributed by atoms with Crippen molar-refractivity contribution < 1.29 is 0 Å². The number of aryl methyl sites for hydroxylation is 3. The van der Waals surface area contributed by atoms with E-state index in [0.717, 1.165) is 5.69 Å². The zero-order valence-corrected chi connectivity index (χ0v) is 7.63. The Morgan fingerprint density at radius 1 is 1.33 bits per heavy atom. The van der Waals surface area contributed by atoms with Gasteiger partial charge in [-0.2, -0.15) is 0 Å². The summed E-state index contributed by atoms with van der Waals surface area (Å²) in [5, 5.41) is 1.28. The van der Waals surface area contributed by atoms with Crippen molar-refractivity contribution in [3.05, 3.63) is 29.7 Å². The molecule has 0 bridgehead atoms. The van der Waals surface area contributed by atoms with Gasteiger partial charge in [0.15, 0.2) is 0 Å². The highest BCUT2D eigenvalue weighted by Crippen LogP contribution is 2.19. The van der Waals surface area contributed by atoms with E-state index in [1.165, 1.54) is 16.6 Å². The van der Waals surface area contributed by atoms with Crippen molar-refractivity contribution in [2.45, 2.75) is 13.8 Å². The van der Waals surface area contributed by atoms with Gasteiger partial charge in [-0.3, -0.25) is 4.98 Å². The van der Waals surface area contributed by atoms with Gasteiger partial charge in [-0.25, -0.2) is 0 Å². The molecule has 0 N–H and O–H groups in total. The molecule has 0 aromatic carbocycles. The van der Waals surface area contributed by atoms with Crippen molar-refractivity contribution in [3.63, 3.8) is 0 Å². The predicted molar refractivity (Wildman–Crippen MR) is 50.2 cm³/mol. The third-order valence-electron chi connectivity index (χ3n) is 2.37. The molecule has 2 heterocycles. The number of rotatable bonds is 0. The van der Waals surface area contributed by atoms with Crippen LogP contribution < -0.4 is 0 Å². The average Bonchev–Trinajstić information content (AvgIpc) is 2.29. The number of hydrogen-bond donors (Lipinski definition) is 0. The van der Waals surface area contributed by atoms with Crippen LogP contribution in [0.3, 0.4) is 0 Å². The van der Waals surface area contributed by atoms with Gasteiger partial charge in [-0.05, 0) is 26.0 Å².